The second kappa shape index (κ2) is 7.55. The fourth-order valence-corrected chi connectivity index (χ4v) is 1.22. The van der Waals surface area contributed by atoms with Gasteiger partial charge in [0.05, 0.1) is 25.3 Å². The monoisotopic (exact) mass is 253 g/mol. The van der Waals surface area contributed by atoms with Gasteiger partial charge < -0.3 is 20.3 Å². The van der Waals surface area contributed by atoms with Crippen molar-refractivity contribution in [2.24, 2.45) is 5.92 Å². The molecule has 0 bridgehead atoms. The molecule has 1 rings (SSSR count). The first-order chi connectivity index (χ1) is 8.63. The van der Waals surface area contributed by atoms with Crippen molar-refractivity contribution in [1.29, 1.82) is 0 Å². The third-order valence-electron chi connectivity index (χ3n) is 2.32. The first-order valence-corrected chi connectivity index (χ1v) is 5.87. The van der Waals surface area contributed by atoms with Crippen molar-refractivity contribution in [1.82, 2.24) is 0 Å². The van der Waals surface area contributed by atoms with Gasteiger partial charge in [-0.1, -0.05) is 19.1 Å². The third kappa shape index (κ3) is 5.05. The van der Waals surface area contributed by atoms with Gasteiger partial charge in [0.2, 0.25) is 0 Å². The summed E-state index contributed by atoms with van der Waals surface area (Å²) in [5.74, 6) is 0.179. The van der Waals surface area contributed by atoms with Crippen LogP contribution in [-0.2, 0) is 9.53 Å². The van der Waals surface area contributed by atoms with E-state index in [0.717, 1.165) is 0 Å². The van der Waals surface area contributed by atoms with E-state index in [0.29, 0.717) is 11.4 Å². The molecule has 0 aliphatic heterocycles. The minimum Gasteiger partial charge on any atom is -0.491 e. The van der Waals surface area contributed by atoms with E-state index < -0.39 is 0 Å². The van der Waals surface area contributed by atoms with Gasteiger partial charge in [0.1, 0.15) is 5.75 Å². The van der Waals surface area contributed by atoms with Crippen LogP contribution in [0.4, 0.5) is 5.69 Å². The summed E-state index contributed by atoms with van der Waals surface area (Å²) >= 11 is 0. The van der Waals surface area contributed by atoms with E-state index in [9.17, 15) is 4.79 Å². The number of nitrogen functional groups attached to an aromatic ring is 1. The molecular weight excluding hydrogens is 234 g/mol. The molecule has 0 aromatic heterocycles. The quantitative estimate of drug-likeness (QED) is 0.564. The Hall–Kier alpha value is -1.75. The van der Waals surface area contributed by atoms with E-state index in [1.54, 1.807) is 19.1 Å². The lowest BCUT2D eigenvalue weighted by atomic mass is 10.2. The van der Waals surface area contributed by atoms with Gasteiger partial charge >= 0.3 is 5.97 Å². The van der Waals surface area contributed by atoms with Crippen LogP contribution in [0.25, 0.3) is 0 Å². The number of carbonyl (C=O) groups is 1. The molecule has 0 saturated heterocycles. The SMILES string of the molecule is CC(CO)COC(=O)CCOc1ccccc1N. The smallest absolute Gasteiger partial charge is 0.309 e. The molecule has 0 spiro atoms. The topological polar surface area (TPSA) is 81.8 Å². The van der Waals surface area contributed by atoms with Gasteiger partial charge in [-0.3, -0.25) is 4.79 Å². The Morgan fingerprint density at radius 1 is 1.44 bits per heavy atom. The van der Waals surface area contributed by atoms with Gasteiger partial charge in [0, 0.05) is 12.5 Å². The van der Waals surface area contributed by atoms with Crippen LogP contribution < -0.4 is 10.5 Å². The van der Waals surface area contributed by atoms with Crippen LogP contribution in [0.5, 0.6) is 5.75 Å². The molecule has 0 radical (unpaired) electrons. The Balaban J connectivity index is 2.22. The number of carbonyl (C=O) groups excluding carboxylic acids is 1. The predicted octanol–water partition coefficient (Wildman–Crippen LogP) is 1.21. The minimum atomic E-state index is -0.343. The van der Waals surface area contributed by atoms with Gasteiger partial charge in [-0.2, -0.15) is 0 Å². The Morgan fingerprint density at radius 3 is 2.83 bits per heavy atom. The van der Waals surface area contributed by atoms with Gasteiger partial charge in [0.15, 0.2) is 0 Å². The van der Waals surface area contributed by atoms with Crippen LogP contribution >= 0.6 is 0 Å². The highest BCUT2D eigenvalue weighted by molar-refractivity contribution is 5.69. The lowest BCUT2D eigenvalue weighted by Crippen LogP contribution is -2.16. The number of nitrogens with two attached hydrogens (primary N) is 1. The highest BCUT2D eigenvalue weighted by Gasteiger charge is 2.07. The number of esters is 1. The van der Waals surface area contributed by atoms with Gasteiger partial charge in [0.25, 0.3) is 0 Å². The van der Waals surface area contributed by atoms with Crippen molar-refractivity contribution in [2.45, 2.75) is 13.3 Å². The maximum absolute atomic E-state index is 11.3. The Morgan fingerprint density at radius 2 is 2.17 bits per heavy atom. The van der Waals surface area contributed by atoms with E-state index in [4.69, 9.17) is 20.3 Å². The molecule has 1 unspecified atom stereocenters. The molecule has 0 fully saturated rings. The largest absolute Gasteiger partial charge is 0.491 e. The first kappa shape index (κ1) is 14.3. The second-order valence-electron chi connectivity index (χ2n) is 4.11. The number of anilines is 1. The first-order valence-electron chi connectivity index (χ1n) is 5.87. The predicted molar refractivity (Wildman–Crippen MR) is 68.2 cm³/mol. The molecule has 3 N–H and O–H groups in total. The zero-order valence-corrected chi connectivity index (χ0v) is 10.5. The standard InChI is InChI=1S/C13H19NO4/c1-10(8-15)9-18-13(16)6-7-17-12-5-3-2-4-11(12)14/h2-5,10,15H,6-9,14H2,1H3. The summed E-state index contributed by atoms with van der Waals surface area (Å²) in [6, 6.07) is 7.10. The zero-order chi connectivity index (χ0) is 13.4. The molecular formula is C13H19NO4. The van der Waals surface area contributed by atoms with Crippen molar-refractivity contribution >= 4 is 11.7 Å². The van der Waals surface area contributed by atoms with Crippen molar-refractivity contribution < 1.29 is 19.4 Å². The second-order valence-corrected chi connectivity index (χ2v) is 4.11. The Bertz CT molecular complexity index is 381. The molecule has 0 aliphatic carbocycles. The molecule has 1 aromatic carbocycles. The van der Waals surface area contributed by atoms with Crippen molar-refractivity contribution in [3.8, 4) is 5.75 Å². The van der Waals surface area contributed by atoms with Crippen LogP contribution in [0.2, 0.25) is 0 Å². The number of aliphatic hydroxyl groups is 1. The van der Waals surface area contributed by atoms with E-state index in [2.05, 4.69) is 0 Å². The Labute approximate surface area is 107 Å². The zero-order valence-electron chi connectivity index (χ0n) is 10.5. The number of hydrogen-bond acceptors (Lipinski definition) is 5. The Kier molecular flexibility index (Phi) is 6.00. The highest BCUT2D eigenvalue weighted by Crippen LogP contribution is 2.19. The fraction of sp³-hybridized carbons (Fsp3) is 0.462. The molecule has 0 aliphatic rings. The highest BCUT2D eigenvalue weighted by atomic mass is 16.5. The fourth-order valence-electron chi connectivity index (χ4n) is 1.22. The van der Waals surface area contributed by atoms with Crippen LogP contribution in [0.15, 0.2) is 24.3 Å². The molecule has 0 amide bonds. The number of rotatable bonds is 7. The number of aliphatic hydroxyl groups excluding tert-OH is 1. The minimum absolute atomic E-state index is 0.00429. The molecule has 1 aromatic rings. The molecule has 0 heterocycles. The van der Waals surface area contributed by atoms with Gasteiger partial charge in [-0.25, -0.2) is 0 Å². The molecule has 100 valence electrons. The summed E-state index contributed by atoms with van der Waals surface area (Å²) in [6.45, 7) is 2.25. The lowest BCUT2D eigenvalue weighted by Gasteiger charge is -2.10. The molecule has 5 heteroatoms. The lowest BCUT2D eigenvalue weighted by molar-refractivity contribution is -0.145. The maximum Gasteiger partial charge on any atom is 0.309 e. The van der Waals surface area contributed by atoms with E-state index >= 15 is 0 Å². The van der Waals surface area contributed by atoms with Crippen LogP contribution in [-0.4, -0.2) is 30.9 Å². The normalized spacial score (nSPS) is 11.9. The molecule has 5 nitrogen and oxygen atoms in total. The van der Waals surface area contributed by atoms with Crippen molar-refractivity contribution in [2.75, 3.05) is 25.6 Å². The summed E-state index contributed by atoms with van der Waals surface area (Å²) in [5, 5.41) is 8.77. The average molecular weight is 253 g/mol. The summed E-state index contributed by atoms with van der Waals surface area (Å²) in [6.07, 6.45) is 0.159. The van der Waals surface area contributed by atoms with Gasteiger partial charge in [-0.15, -0.1) is 0 Å². The van der Waals surface area contributed by atoms with Crippen molar-refractivity contribution in [3.63, 3.8) is 0 Å². The summed E-state index contributed by atoms with van der Waals surface area (Å²) < 4.78 is 10.3. The van der Waals surface area contributed by atoms with Gasteiger partial charge in [-0.05, 0) is 12.1 Å². The summed E-state index contributed by atoms with van der Waals surface area (Å²) in [7, 11) is 0. The van der Waals surface area contributed by atoms with Crippen LogP contribution in [0.3, 0.4) is 0 Å². The average Bonchev–Trinajstić information content (AvgIpc) is 2.38. The summed E-state index contributed by atoms with van der Waals surface area (Å²) in [5.41, 5.74) is 6.23. The third-order valence-corrected chi connectivity index (χ3v) is 2.32. The number of para-hydroxylation sites is 2. The van der Waals surface area contributed by atoms with E-state index in [1.807, 2.05) is 12.1 Å². The number of hydrogen-bond donors (Lipinski definition) is 2. The maximum atomic E-state index is 11.3. The number of benzene rings is 1. The van der Waals surface area contributed by atoms with Crippen LogP contribution in [0, 0.1) is 5.92 Å². The molecule has 1 atom stereocenters. The number of ether oxygens (including phenoxy) is 2. The molecule has 18 heavy (non-hydrogen) atoms. The van der Waals surface area contributed by atoms with E-state index in [-0.39, 0.29) is 38.1 Å². The summed E-state index contributed by atoms with van der Waals surface area (Å²) in [4.78, 5) is 11.3. The molecule has 0 saturated carbocycles. The van der Waals surface area contributed by atoms with Crippen LogP contribution in [0.1, 0.15) is 13.3 Å². The van der Waals surface area contributed by atoms with E-state index in [1.165, 1.54) is 0 Å². The van der Waals surface area contributed by atoms with Crippen molar-refractivity contribution in [3.05, 3.63) is 24.3 Å².